The molecule has 3 aromatic heterocycles. The van der Waals surface area contributed by atoms with Crippen molar-refractivity contribution in [3.63, 3.8) is 0 Å². The highest BCUT2D eigenvalue weighted by molar-refractivity contribution is 5.93. The van der Waals surface area contributed by atoms with Gasteiger partial charge in [0.15, 0.2) is 11.5 Å². The smallest absolute Gasteiger partial charge is 0.257 e. The number of fused-ring (bicyclic) bond motifs is 1. The minimum atomic E-state index is 0.0181. The zero-order valence-corrected chi connectivity index (χ0v) is 14.3. The van der Waals surface area contributed by atoms with Crippen LogP contribution in [0, 0.1) is 0 Å². The highest BCUT2D eigenvalue weighted by atomic mass is 16.2. The van der Waals surface area contributed by atoms with E-state index in [-0.39, 0.29) is 11.9 Å². The van der Waals surface area contributed by atoms with E-state index in [9.17, 15) is 4.79 Å². The van der Waals surface area contributed by atoms with Crippen molar-refractivity contribution in [2.24, 2.45) is 7.05 Å². The molecule has 4 heterocycles. The molecule has 0 radical (unpaired) electrons. The standard InChI is InChI=1S/C16H20N8O/c1-22-8-11(7-21-22)16(25)23(2)12-3-5-24(6-4-12)15-13-14(18-9-17-13)19-10-20-15/h7-10,12H,3-6H2,1-2H3,(H,17,18,19,20). The summed E-state index contributed by atoms with van der Waals surface area (Å²) in [4.78, 5) is 32.5. The molecule has 1 saturated heterocycles. The maximum absolute atomic E-state index is 12.6. The number of aryl methyl sites for hydroxylation is 1. The van der Waals surface area contributed by atoms with Crippen molar-refractivity contribution in [3.05, 3.63) is 30.6 Å². The topological polar surface area (TPSA) is 95.8 Å². The van der Waals surface area contributed by atoms with Gasteiger partial charge in [0.05, 0.1) is 18.1 Å². The van der Waals surface area contributed by atoms with Crippen LogP contribution in [0.2, 0.25) is 0 Å². The largest absolute Gasteiger partial charge is 0.355 e. The summed E-state index contributed by atoms with van der Waals surface area (Å²) in [5, 5.41) is 4.08. The highest BCUT2D eigenvalue weighted by Gasteiger charge is 2.28. The van der Waals surface area contributed by atoms with Gasteiger partial charge in [0.25, 0.3) is 5.91 Å². The summed E-state index contributed by atoms with van der Waals surface area (Å²) in [5.41, 5.74) is 2.17. The summed E-state index contributed by atoms with van der Waals surface area (Å²) in [6.45, 7) is 1.67. The summed E-state index contributed by atoms with van der Waals surface area (Å²) < 4.78 is 1.65. The molecule has 0 saturated carbocycles. The number of nitrogens with one attached hydrogen (secondary N) is 1. The molecule has 1 N–H and O–H groups in total. The number of rotatable bonds is 3. The van der Waals surface area contributed by atoms with Crippen LogP contribution in [0.4, 0.5) is 5.82 Å². The summed E-state index contributed by atoms with van der Waals surface area (Å²) in [6.07, 6.45) is 8.33. The van der Waals surface area contributed by atoms with Crippen molar-refractivity contribution in [1.82, 2.24) is 34.6 Å². The zero-order chi connectivity index (χ0) is 17.4. The molecular formula is C16H20N8O. The molecule has 0 aromatic carbocycles. The Morgan fingerprint density at radius 2 is 2.08 bits per heavy atom. The van der Waals surface area contributed by atoms with Gasteiger partial charge in [-0.15, -0.1) is 0 Å². The first-order chi connectivity index (χ1) is 12.1. The third kappa shape index (κ3) is 2.81. The molecule has 0 aliphatic carbocycles. The Bertz CT molecular complexity index is 892. The lowest BCUT2D eigenvalue weighted by Gasteiger charge is -2.37. The fourth-order valence-electron chi connectivity index (χ4n) is 3.36. The molecule has 1 aliphatic heterocycles. The van der Waals surface area contributed by atoms with Crippen molar-refractivity contribution < 1.29 is 4.79 Å². The normalized spacial score (nSPS) is 15.7. The molecule has 0 spiro atoms. The first-order valence-corrected chi connectivity index (χ1v) is 8.28. The van der Waals surface area contributed by atoms with Gasteiger partial charge in [-0.3, -0.25) is 9.48 Å². The van der Waals surface area contributed by atoms with Gasteiger partial charge in [0, 0.05) is 39.4 Å². The van der Waals surface area contributed by atoms with Crippen LogP contribution in [0.3, 0.4) is 0 Å². The van der Waals surface area contributed by atoms with Crippen LogP contribution in [-0.2, 0) is 7.05 Å². The van der Waals surface area contributed by atoms with Crippen LogP contribution in [0.25, 0.3) is 11.2 Å². The monoisotopic (exact) mass is 340 g/mol. The summed E-state index contributed by atoms with van der Waals surface area (Å²) in [6, 6.07) is 0.211. The molecule has 25 heavy (non-hydrogen) atoms. The van der Waals surface area contributed by atoms with Gasteiger partial charge >= 0.3 is 0 Å². The van der Waals surface area contributed by atoms with Crippen LogP contribution >= 0.6 is 0 Å². The van der Waals surface area contributed by atoms with E-state index in [0.717, 1.165) is 37.3 Å². The average Bonchev–Trinajstić information content (AvgIpc) is 3.29. The first-order valence-electron chi connectivity index (χ1n) is 8.28. The number of aromatic nitrogens is 6. The lowest BCUT2D eigenvalue weighted by Crippen LogP contribution is -2.45. The second kappa shape index (κ2) is 6.15. The van der Waals surface area contributed by atoms with Gasteiger partial charge in [-0.25, -0.2) is 15.0 Å². The third-order valence-electron chi connectivity index (χ3n) is 4.79. The summed E-state index contributed by atoms with van der Waals surface area (Å²) >= 11 is 0. The van der Waals surface area contributed by atoms with Crippen molar-refractivity contribution >= 4 is 22.9 Å². The number of imidazole rings is 1. The van der Waals surface area contributed by atoms with Crippen molar-refractivity contribution in [2.75, 3.05) is 25.0 Å². The number of aromatic amines is 1. The number of anilines is 1. The second-order valence-electron chi connectivity index (χ2n) is 6.34. The molecular weight excluding hydrogens is 320 g/mol. The molecule has 130 valence electrons. The van der Waals surface area contributed by atoms with Crippen LogP contribution in [0.5, 0.6) is 0 Å². The molecule has 0 bridgehead atoms. The van der Waals surface area contributed by atoms with E-state index >= 15 is 0 Å². The molecule has 1 aliphatic rings. The molecule has 9 nitrogen and oxygen atoms in total. The minimum Gasteiger partial charge on any atom is -0.355 e. The van der Waals surface area contributed by atoms with E-state index in [1.165, 1.54) is 0 Å². The predicted octanol–water partition coefficient (Wildman–Crippen LogP) is 0.827. The van der Waals surface area contributed by atoms with Gasteiger partial charge in [-0.05, 0) is 12.8 Å². The van der Waals surface area contributed by atoms with Gasteiger partial charge in [0.1, 0.15) is 11.8 Å². The van der Waals surface area contributed by atoms with Gasteiger partial charge in [0.2, 0.25) is 0 Å². The van der Waals surface area contributed by atoms with Gasteiger partial charge in [-0.2, -0.15) is 5.10 Å². The maximum Gasteiger partial charge on any atom is 0.257 e. The Morgan fingerprint density at radius 3 is 2.80 bits per heavy atom. The number of carbonyl (C=O) groups is 1. The minimum absolute atomic E-state index is 0.0181. The molecule has 1 amide bonds. The third-order valence-corrected chi connectivity index (χ3v) is 4.79. The molecule has 9 heteroatoms. The second-order valence-corrected chi connectivity index (χ2v) is 6.34. The van der Waals surface area contributed by atoms with E-state index in [4.69, 9.17) is 0 Å². The fourth-order valence-corrected chi connectivity index (χ4v) is 3.36. The molecule has 1 fully saturated rings. The van der Waals surface area contributed by atoms with Crippen LogP contribution in [-0.4, -0.2) is 66.7 Å². The number of hydrogen-bond acceptors (Lipinski definition) is 6. The quantitative estimate of drug-likeness (QED) is 0.759. The Morgan fingerprint density at radius 1 is 1.28 bits per heavy atom. The molecule has 4 rings (SSSR count). The number of hydrogen-bond donors (Lipinski definition) is 1. The van der Waals surface area contributed by atoms with Crippen LogP contribution < -0.4 is 4.90 Å². The highest BCUT2D eigenvalue weighted by Crippen LogP contribution is 2.25. The Kier molecular flexibility index (Phi) is 3.83. The SMILES string of the molecule is CN(C(=O)c1cnn(C)c1)C1CCN(c2ncnc3nc[nH]c23)CC1. The predicted molar refractivity (Wildman–Crippen MR) is 92.2 cm³/mol. The van der Waals surface area contributed by atoms with E-state index in [0.29, 0.717) is 11.2 Å². The fraction of sp³-hybridized carbons (Fsp3) is 0.438. The number of carbonyl (C=O) groups excluding carboxylic acids is 1. The number of piperidine rings is 1. The summed E-state index contributed by atoms with van der Waals surface area (Å²) in [7, 11) is 3.68. The van der Waals surface area contributed by atoms with E-state index in [1.54, 1.807) is 29.7 Å². The Labute approximate surface area is 144 Å². The first kappa shape index (κ1) is 15.6. The lowest BCUT2D eigenvalue weighted by molar-refractivity contribution is 0.0709. The van der Waals surface area contributed by atoms with Gasteiger partial charge in [-0.1, -0.05) is 0 Å². The average molecular weight is 340 g/mol. The van der Waals surface area contributed by atoms with Crippen LogP contribution in [0.15, 0.2) is 25.0 Å². The maximum atomic E-state index is 12.6. The number of amides is 1. The number of nitrogens with zero attached hydrogens (tertiary/aromatic N) is 7. The summed E-state index contributed by atoms with van der Waals surface area (Å²) in [5.74, 6) is 0.895. The lowest BCUT2D eigenvalue weighted by atomic mass is 10.0. The van der Waals surface area contributed by atoms with Crippen molar-refractivity contribution in [2.45, 2.75) is 18.9 Å². The van der Waals surface area contributed by atoms with Crippen LogP contribution in [0.1, 0.15) is 23.2 Å². The zero-order valence-electron chi connectivity index (χ0n) is 14.3. The molecule has 0 unspecified atom stereocenters. The molecule has 3 aromatic rings. The Balaban J connectivity index is 1.44. The van der Waals surface area contributed by atoms with Crippen molar-refractivity contribution in [3.8, 4) is 0 Å². The molecule has 0 atom stereocenters. The van der Waals surface area contributed by atoms with E-state index < -0.39 is 0 Å². The number of H-pyrrole nitrogens is 1. The Hall–Kier alpha value is -2.97. The van der Waals surface area contributed by atoms with Crippen molar-refractivity contribution in [1.29, 1.82) is 0 Å². The van der Waals surface area contributed by atoms with E-state index in [2.05, 4.69) is 29.9 Å². The van der Waals surface area contributed by atoms with Gasteiger partial charge < -0.3 is 14.8 Å². The van der Waals surface area contributed by atoms with E-state index in [1.807, 2.05) is 19.0 Å².